The van der Waals surface area contributed by atoms with Crippen molar-refractivity contribution >= 4 is 22.6 Å². The molecule has 1 N–H and O–H groups in total. The number of fused-ring (bicyclic) bond motifs is 1. The summed E-state index contributed by atoms with van der Waals surface area (Å²) >= 11 is 0. The third-order valence-corrected chi connectivity index (χ3v) is 4.89. The van der Waals surface area contributed by atoms with Crippen LogP contribution in [0.1, 0.15) is 21.5 Å². The zero-order valence-corrected chi connectivity index (χ0v) is 17.3. The number of nitrogens with zero attached hydrogens (tertiary/aromatic N) is 3. The second-order valence-electron chi connectivity index (χ2n) is 7.00. The summed E-state index contributed by atoms with van der Waals surface area (Å²) in [6, 6.07) is 16.8. The van der Waals surface area contributed by atoms with Gasteiger partial charge in [-0.25, -0.2) is 0 Å². The number of aryl methyl sites for hydroxylation is 2. The first-order valence-electron chi connectivity index (χ1n) is 9.46. The van der Waals surface area contributed by atoms with E-state index in [9.17, 15) is 4.79 Å². The molecule has 0 spiro atoms. The highest BCUT2D eigenvalue weighted by Gasteiger charge is 2.14. The standard InChI is InChI=1S/C23H22N4O3/c1-14-5-8-17(9-6-14)27-25-19-11-15(2)18(13-20(19)26-27)24-23(28)16-7-10-21(29-3)22(12-16)30-4/h5-13H,1-4H3,(H,24,28). The highest BCUT2D eigenvalue weighted by molar-refractivity contribution is 6.05. The molecular weight excluding hydrogens is 380 g/mol. The number of carbonyl (C=O) groups excluding carboxylic acids is 1. The summed E-state index contributed by atoms with van der Waals surface area (Å²) in [6.45, 7) is 3.96. The Morgan fingerprint density at radius 2 is 1.53 bits per heavy atom. The first kappa shape index (κ1) is 19.4. The quantitative estimate of drug-likeness (QED) is 0.538. The van der Waals surface area contributed by atoms with Crippen LogP contribution >= 0.6 is 0 Å². The normalized spacial score (nSPS) is 10.8. The molecule has 4 aromatic rings. The van der Waals surface area contributed by atoms with Crippen LogP contribution in [0.2, 0.25) is 0 Å². The second kappa shape index (κ2) is 7.87. The molecule has 4 rings (SSSR count). The van der Waals surface area contributed by atoms with Crippen LogP contribution in [0.25, 0.3) is 16.7 Å². The van der Waals surface area contributed by atoms with Gasteiger partial charge in [0.05, 0.1) is 19.9 Å². The second-order valence-corrected chi connectivity index (χ2v) is 7.00. The molecule has 1 aromatic heterocycles. The molecule has 30 heavy (non-hydrogen) atoms. The van der Waals surface area contributed by atoms with E-state index < -0.39 is 0 Å². The fourth-order valence-electron chi connectivity index (χ4n) is 3.17. The average Bonchev–Trinajstić information content (AvgIpc) is 3.16. The van der Waals surface area contributed by atoms with Crippen LogP contribution in [-0.2, 0) is 0 Å². The summed E-state index contributed by atoms with van der Waals surface area (Å²) in [7, 11) is 3.09. The lowest BCUT2D eigenvalue weighted by atomic mass is 10.1. The Morgan fingerprint density at radius 3 is 2.20 bits per heavy atom. The molecule has 3 aromatic carbocycles. The first-order valence-corrected chi connectivity index (χ1v) is 9.46. The first-order chi connectivity index (χ1) is 14.5. The Bertz CT molecular complexity index is 1230. The van der Waals surface area contributed by atoms with Crippen molar-refractivity contribution in [2.24, 2.45) is 0 Å². The lowest BCUT2D eigenvalue weighted by molar-refractivity contribution is 0.102. The maximum Gasteiger partial charge on any atom is 0.255 e. The number of ether oxygens (including phenoxy) is 2. The van der Waals surface area contributed by atoms with Crippen LogP contribution in [0.15, 0.2) is 54.6 Å². The molecule has 0 aliphatic rings. The van der Waals surface area contributed by atoms with Gasteiger partial charge in [0, 0.05) is 11.3 Å². The third-order valence-electron chi connectivity index (χ3n) is 4.89. The SMILES string of the molecule is COc1ccc(C(=O)Nc2cc3nn(-c4ccc(C)cc4)nc3cc2C)cc1OC. The predicted octanol–water partition coefficient (Wildman–Crippen LogP) is 4.31. The molecule has 0 bridgehead atoms. The number of anilines is 1. The van der Waals surface area contributed by atoms with Crippen molar-refractivity contribution in [1.82, 2.24) is 15.0 Å². The molecule has 7 heteroatoms. The van der Waals surface area contributed by atoms with E-state index in [1.165, 1.54) is 12.7 Å². The van der Waals surface area contributed by atoms with Gasteiger partial charge in [-0.05, 0) is 61.9 Å². The minimum Gasteiger partial charge on any atom is -0.493 e. The lowest BCUT2D eigenvalue weighted by Crippen LogP contribution is -2.13. The van der Waals surface area contributed by atoms with E-state index in [0.717, 1.165) is 16.8 Å². The van der Waals surface area contributed by atoms with Crippen molar-refractivity contribution < 1.29 is 14.3 Å². The third kappa shape index (κ3) is 3.69. The fraction of sp³-hybridized carbons (Fsp3) is 0.174. The fourth-order valence-corrected chi connectivity index (χ4v) is 3.17. The zero-order valence-electron chi connectivity index (χ0n) is 17.3. The van der Waals surface area contributed by atoms with Crippen LogP contribution in [0.4, 0.5) is 5.69 Å². The van der Waals surface area contributed by atoms with Crippen molar-refractivity contribution in [3.05, 3.63) is 71.3 Å². The van der Waals surface area contributed by atoms with E-state index in [1.807, 2.05) is 50.2 Å². The molecule has 1 heterocycles. The van der Waals surface area contributed by atoms with Gasteiger partial charge in [0.25, 0.3) is 5.91 Å². The topological polar surface area (TPSA) is 78.3 Å². The number of amides is 1. The van der Waals surface area contributed by atoms with Crippen molar-refractivity contribution in [1.29, 1.82) is 0 Å². The Labute approximate surface area is 174 Å². The van der Waals surface area contributed by atoms with Crippen LogP contribution in [0, 0.1) is 13.8 Å². The van der Waals surface area contributed by atoms with E-state index in [0.29, 0.717) is 28.3 Å². The van der Waals surface area contributed by atoms with E-state index in [1.54, 1.807) is 30.1 Å². The van der Waals surface area contributed by atoms with E-state index in [2.05, 4.69) is 15.5 Å². The van der Waals surface area contributed by atoms with Crippen LogP contribution < -0.4 is 14.8 Å². The van der Waals surface area contributed by atoms with E-state index in [-0.39, 0.29) is 5.91 Å². The van der Waals surface area contributed by atoms with Gasteiger partial charge >= 0.3 is 0 Å². The number of hydrogen-bond acceptors (Lipinski definition) is 5. The minimum atomic E-state index is -0.246. The number of hydrogen-bond donors (Lipinski definition) is 1. The molecule has 0 atom stereocenters. The van der Waals surface area contributed by atoms with Crippen molar-refractivity contribution in [3.8, 4) is 17.2 Å². The Balaban J connectivity index is 1.63. The van der Waals surface area contributed by atoms with Crippen LogP contribution in [-0.4, -0.2) is 35.1 Å². The number of carbonyl (C=O) groups is 1. The molecule has 152 valence electrons. The molecule has 0 saturated carbocycles. The summed E-state index contributed by atoms with van der Waals surface area (Å²) in [6.07, 6.45) is 0. The molecule has 7 nitrogen and oxygen atoms in total. The molecule has 0 radical (unpaired) electrons. The highest BCUT2D eigenvalue weighted by atomic mass is 16.5. The Kier molecular flexibility index (Phi) is 5.10. The Hall–Kier alpha value is -3.87. The van der Waals surface area contributed by atoms with Crippen molar-refractivity contribution in [2.45, 2.75) is 13.8 Å². The number of rotatable bonds is 5. The van der Waals surface area contributed by atoms with Gasteiger partial charge in [0.15, 0.2) is 11.5 Å². The molecular formula is C23H22N4O3. The molecule has 0 aliphatic heterocycles. The van der Waals surface area contributed by atoms with Gasteiger partial charge in [-0.3, -0.25) is 4.79 Å². The summed E-state index contributed by atoms with van der Waals surface area (Å²) in [4.78, 5) is 14.4. The van der Waals surface area contributed by atoms with Crippen LogP contribution in [0.3, 0.4) is 0 Å². The number of aromatic nitrogens is 3. The van der Waals surface area contributed by atoms with Gasteiger partial charge < -0.3 is 14.8 Å². The summed E-state index contributed by atoms with van der Waals surface area (Å²) < 4.78 is 10.5. The average molecular weight is 402 g/mol. The molecule has 1 amide bonds. The monoisotopic (exact) mass is 402 g/mol. The van der Waals surface area contributed by atoms with Gasteiger partial charge in [-0.2, -0.15) is 4.80 Å². The summed E-state index contributed by atoms with van der Waals surface area (Å²) in [5.74, 6) is 0.821. The summed E-state index contributed by atoms with van der Waals surface area (Å²) in [5, 5.41) is 12.1. The van der Waals surface area contributed by atoms with Crippen LogP contribution in [0.5, 0.6) is 11.5 Å². The highest BCUT2D eigenvalue weighted by Crippen LogP contribution is 2.28. The maximum absolute atomic E-state index is 12.8. The maximum atomic E-state index is 12.8. The van der Waals surface area contributed by atoms with E-state index >= 15 is 0 Å². The number of methoxy groups -OCH3 is 2. The molecule has 0 unspecified atom stereocenters. The van der Waals surface area contributed by atoms with Gasteiger partial charge in [0.1, 0.15) is 11.0 Å². The smallest absolute Gasteiger partial charge is 0.255 e. The zero-order chi connectivity index (χ0) is 21.3. The van der Waals surface area contributed by atoms with Crippen molar-refractivity contribution in [2.75, 3.05) is 19.5 Å². The van der Waals surface area contributed by atoms with E-state index in [4.69, 9.17) is 9.47 Å². The lowest BCUT2D eigenvalue weighted by Gasteiger charge is -2.11. The minimum absolute atomic E-state index is 0.246. The molecule has 0 saturated heterocycles. The summed E-state index contributed by atoms with van der Waals surface area (Å²) in [5.41, 5.74) is 5.55. The molecule has 0 aliphatic carbocycles. The Morgan fingerprint density at radius 1 is 0.867 bits per heavy atom. The van der Waals surface area contributed by atoms with Gasteiger partial charge in [-0.1, -0.05) is 17.7 Å². The largest absolute Gasteiger partial charge is 0.493 e. The number of nitrogens with one attached hydrogen (secondary N) is 1. The number of benzene rings is 3. The molecule has 0 fully saturated rings. The van der Waals surface area contributed by atoms with Gasteiger partial charge in [0.2, 0.25) is 0 Å². The van der Waals surface area contributed by atoms with Crippen molar-refractivity contribution in [3.63, 3.8) is 0 Å². The predicted molar refractivity (Wildman–Crippen MR) is 116 cm³/mol. The van der Waals surface area contributed by atoms with Gasteiger partial charge in [-0.15, -0.1) is 10.2 Å².